The molecule has 3 rings (SSSR count). The molecule has 2 aliphatic heterocycles. The van der Waals surface area contributed by atoms with E-state index in [1.807, 2.05) is 17.2 Å². The highest BCUT2D eigenvalue weighted by atomic mass is 16.7. The topological polar surface area (TPSA) is 42.0 Å². The predicted octanol–water partition coefficient (Wildman–Crippen LogP) is 3.28. The number of amides is 1. The molecule has 1 atom stereocenters. The van der Waals surface area contributed by atoms with Gasteiger partial charge in [-0.25, -0.2) is 0 Å². The van der Waals surface area contributed by atoms with Crippen molar-refractivity contribution < 1.29 is 14.4 Å². The molecule has 0 saturated carbocycles. The van der Waals surface area contributed by atoms with E-state index in [9.17, 15) is 4.79 Å². The number of nitrogens with zero attached hydrogens (tertiary/aromatic N) is 2. The van der Waals surface area contributed by atoms with E-state index in [0.29, 0.717) is 12.3 Å². The minimum atomic E-state index is 0.283. The van der Waals surface area contributed by atoms with Gasteiger partial charge in [-0.3, -0.25) is 9.63 Å². The van der Waals surface area contributed by atoms with Gasteiger partial charge in [-0.1, -0.05) is 12.1 Å². The standard InChI is InChI=1S/C21H32N2O3/c1-25-20-8-4-6-18(16-20)9-10-19-7-5-12-22(17-19)21(24)11-14-23-13-2-3-15-26-23/h4,6,8,16,19H,2-3,5,7,9-15,17H2,1H3. The van der Waals surface area contributed by atoms with Gasteiger partial charge in [0.2, 0.25) is 5.91 Å². The van der Waals surface area contributed by atoms with Crippen LogP contribution < -0.4 is 4.74 Å². The van der Waals surface area contributed by atoms with E-state index in [1.54, 1.807) is 7.11 Å². The van der Waals surface area contributed by atoms with Gasteiger partial charge in [0.25, 0.3) is 0 Å². The average molecular weight is 360 g/mol. The van der Waals surface area contributed by atoms with Crippen LogP contribution in [0.25, 0.3) is 0 Å². The highest BCUT2D eigenvalue weighted by Gasteiger charge is 2.24. The molecular weight excluding hydrogens is 328 g/mol. The number of carbonyl (C=O) groups excluding carboxylic acids is 1. The molecule has 5 nitrogen and oxygen atoms in total. The lowest BCUT2D eigenvalue weighted by atomic mass is 9.91. The molecule has 144 valence electrons. The van der Waals surface area contributed by atoms with Crippen molar-refractivity contribution in [2.45, 2.75) is 44.9 Å². The smallest absolute Gasteiger partial charge is 0.223 e. The highest BCUT2D eigenvalue weighted by Crippen LogP contribution is 2.23. The first-order valence-corrected chi connectivity index (χ1v) is 10.0. The van der Waals surface area contributed by atoms with Crippen LogP contribution in [0, 0.1) is 5.92 Å². The number of hydroxylamine groups is 2. The van der Waals surface area contributed by atoms with Crippen molar-refractivity contribution in [3.05, 3.63) is 29.8 Å². The SMILES string of the molecule is COc1cccc(CCC2CCCN(C(=O)CCN3CCCCO3)C2)c1. The molecule has 26 heavy (non-hydrogen) atoms. The lowest BCUT2D eigenvalue weighted by Gasteiger charge is -2.34. The monoisotopic (exact) mass is 360 g/mol. The van der Waals surface area contributed by atoms with Crippen LogP contribution >= 0.6 is 0 Å². The third kappa shape index (κ3) is 5.71. The summed E-state index contributed by atoms with van der Waals surface area (Å²) >= 11 is 0. The first kappa shape index (κ1) is 19.2. The first-order valence-electron chi connectivity index (χ1n) is 10.0. The van der Waals surface area contributed by atoms with Crippen LogP contribution in [0.3, 0.4) is 0 Å². The summed E-state index contributed by atoms with van der Waals surface area (Å²) in [5, 5.41) is 1.96. The van der Waals surface area contributed by atoms with E-state index in [1.165, 1.54) is 18.4 Å². The Bertz CT molecular complexity index is 572. The molecule has 0 aromatic heterocycles. The molecule has 0 radical (unpaired) electrons. The van der Waals surface area contributed by atoms with Gasteiger partial charge in [-0.2, -0.15) is 5.06 Å². The molecule has 2 fully saturated rings. The number of carbonyl (C=O) groups is 1. The Kier molecular flexibility index (Phi) is 7.32. The van der Waals surface area contributed by atoms with Gasteiger partial charge in [-0.15, -0.1) is 0 Å². The first-order chi connectivity index (χ1) is 12.7. The summed E-state index contributed by atoms with van der Waals surface area (Å²) in [5.74, 6) is 1.80. The van der Waals surface area contributed by atoms with E-state index in [-0.39, 0.29) is 5.91 Å². The Morgan fingerprint density at radius 2 is 2.19 bits per heavy atom. The Labute approximate surface area is 157 Å². The third-order valence-electron chi connectivity index (χ3n) is 5.50. The van der Waals surface area contributed by atoms with Crippen LogP contribution in [-0.4, -0.2) is 55.8 Å². The quantitative estimate of drug-likeness (QED) is 0.748. The molecule has 0 N–H and O–H groups in total. The minimum absolute atomic E-state index is 0.283. The van der Waals surface area contributed by atoms with Gasteiger partial charge in [0, 0.05) is 32.6 Å². The Morgan fingerprint density at radius 1 is 1.27 bits per heavy atom. The fraction of sp³-hybridized carbons (Fsp3) is 0.667. The predicted molar refractivity (Wildman–Crippen MR) is 102 cm³/mol. The Morgan fingerprint density at radius 3 is 3.00 bits per heavy atom. The molecule has 0 bridgehead atoms. The third-order valence-corrected chi connectivity index (χ3v) is 5.50. The van der Waals surface area contributed by atoms with Crippen LogP contribution in [0.4, 0.5) is 0 Å². The lowest BCUT2D eigenvalue weighted by molar-refractivity contribution is -0.182. The van der Waals surface area contributed by atoms with Crippen molar-refractivity contribution in [2.24, 2.45) is 5.92 Å². The molecule has 1 aromatic rings. The summed E-state index contributed by atoms with van der Waals surface area (Å²) in [6.07, 6.45) is 7.40. The second-order valence-electron chi connectivity index (χ2n) is 7.46. The number of rotatable bonds is 7. The van der Waals surface area contributed by atoms with Crippen LogP contribution in [0.2, 0.25) is 0 Å². The highest BCUT2D eigenvalue weighted by molar-refractivity contribution is 5.76. The van der Waals surface area contributed by atoms with Gasteiger partial charge < -0.3 is 9.64 Å². The van der Waals surface area contributed by atoms with E-state index in [2.05, 4.69) is 17.0 Å². The molecule has 1 aromatic carbocycles. The van der Waals surface area contributed by atoms with Crippen molar-refractivity contribution in [2.75, 3.05) is 39.9 Å². The second kappa shape index (κ2) is 9.93. The minimum Gasteiger partial charge on any atom is -0.497 e. The van der Waals surface area contributed by atoms with Gasteiger partial charge >= 0.3 is 0 Å². The summed E-state index contributed by atoms with van der Waals surface area (Å²) in [6, 6.07) is 8.31. The zero-order valence-electron chi connectivity index (χ0n) is 16.0. The number of hydrogen-bond acceptors (Lipinski definition) is 4. The number of methoxy groups -OCH3 is 1. The maximum Gasteiger partial charge on any atom is 0.223 e. The molecule has 1 unspecified atom stereocenters. The van der Waals surface area contributed by atoms with Crippen molar-refractivity contribution in [1.29, 1.82) is 0 Å². The zero-order valence-corrected chi connectivity index (χ0v) is 16.0. The Balaban J connectivity index is 1.42. The lowest BCUT2D eigenvalue weighted by Crippen LogP contribution is -2.42. The maximum absolute atomic E-state index is 12.6. The van der Waals surface area contributed by atoms with Crippen LogP contribution in [-0.2, 0) is 16.1 Å². The van der Waals surface area contributed by atoms with Crippen molar-refractivity contribution in [3.8, 4) is 5.75 Å². The molecule has 1 amide bonds. The van der Waals surface area contributed by atoms with Gasteiger partial charge in [0.05, 0.1) is 13.7 Å². The van der Waals surface area contributed by atoms with Crippen LogP contribution in [0.1, 0.15) is 44.1 Å². The van der Waals surface area contributed by atoms with Crippen molar-refractivity contribution >= 4 is 5.91 Å². The van der Waals surface area contributed by atoms with Gasteiger partial charge in [0.1, 0.15) is 5.75 Å². The summed E-state index contributed by atoms with van der Waals surface area (Å²) in [6.45, 7) is 4.30. The largest absolute Gasteiger partial charge is 0.497 e. The Hall–Kier alpha value is -1.59. The number of benzene rings is 1. The van der Waals surface area contributed by atoms with E-state index in [0.717, 1.165) is 64.2 Å². The molecule has 0 spiro atoms. The number of likely N-dealkylation sites (tertiary alicyclic amines) is 1. The fourth-order valence-electron chi connectivity index (χ4n) is 3.93. The van der Waals surface area contributed by atoms with E-state index < -0.39 is 0 Å². The van der Waals surface area contributed by atoms with Gasteiger partial charge in [-0.05, 0) is 62.1 Å². The van der Waals surface area contributed by atoms with Crippen LogP contribution in [0.5, 0.6) is 5.75 Å². The zero-order chi connectivity index (χ0) is 18.2. The number of hydrogen-bond donors (Lipinski definition) is 0. The average Bonchev–Trinajstić information content (AvgIpc) is 2.71. The molecule has 2 aliphatic rings. The molecule has 2 heterocycles. The molecule has 0 aliphatic carbocycles. The molecule has 5 heteroatoms. The number of piperidine rings is 1. The van der Waals surface area contributed by atoms with E-state index >= 15 is 0 Å². The van der Waals surface area contributed by atoms with Gasteiger partial charge in [0.15, 0.2) is 0 Å². The summed E-state index contributed by atoms with van der Waals surface area (Å²) in [4.78, 5) is 20.2. The summed E-state index contributed by atoms with van der Waals surface area (Å²) in [7, 11) is 1.71. The van der Waals surface area contributed by atoms with Crippen molar-refractivity contribution in [1.82, 2.24) is 9.96 Å². The molecular formula is C21H32N2O3. The molecule has 2 saturated heterocycles. The fourth-order valence-corrected chi connectivity index (χ4v) is 3.93. The van der Waals surface area contributed by atoms with Crippen LogP contribution in [0.15, 0.2) is 24.3 Å². The van der Waals surface area contributed by atoms with E-state index in [4.69, 9.17) is 9.57 Å². The van der Waals surface area contributed by atoms with Crippen molar-refractivity contribution in [3.63, 3.8) is 0 Å². The number of aryl methyl sites for hydroxylation is 1. The summed E-state index contributed by atoms with van der Waals surface area (Å²) < 4.78 is 5.30. The summed E-state index contributed by atoms with van der Waals surface area (Å²) in [5.41, 5.74) is 1.31. The number of ether oxygens (including phenoxy) is 1. The normalized spacial score (nSPS) is 21.6. The second-order valence-corrected chi connectivity index (χ2v) is 7.46. The maximum atomic E-state index is 12.6.